The lowest BCUT2D eigenvalue weighted by Gasteiger charge is -2.35. The first-order chi connectivity index (χ1) is 9.37. The SMILES string of the molecule is CC(C)(C)OC(=O)N1CCC[C@H]([C@H](O)c2cccs2)C1. The Morgan fingerprint density at radius 1 is 1.55 bits per heavy atom. The van der Waals surface area contributed by atoms with Crippen molar-refractivity contribution in [1.29, 1.82) is 0 Å². The first-order valence-corrected chi connectivity index (χ1v) is 7.94. The lowest BCUT2D eigenvalue weighted by atomic mass is 9.92. The van der Waals surface area contributed by atoms with Crippen LogP contribution in [-0.2, 0) is 4.74 Å². The predicted molar refractivity (Wildman–Crippen MR) is 79.8 cm³/mol. The Bertz CT molecular complexity index is 438. The van der Waals surface area contributed by atoms with E-state index in [2.05, 4.69) is 0 Å². The summed E-state index contributed by atoms with van der Waals surface area (Å²) in [6.07, 6.45) is 1.09. The van der Waals surface area contributed by atoms with Gasteiger partial charge in [-0.3, -0.25) is 0 Å². The summed E-state index contributed by atoms with van der Waals surface area (Å²) in [5.74, 6) is 0.0925. The van der Waals surface area contributed by atoms with Gasteiger partial charge in [-0.15, -0.1) is 11.3 Å². The molecule has 0 saturated carbocycles. The lowest BCUT2D eigenvalue weighted by molar-refractivity contribution is 0.00293. The van der Waals surface area contributed by atoms with Crippen molar-refractivity contribution < 1.29 is 14.6 Å². The minimum absolute atomic E-state index is 0.0925. The molecule has 0 radical (unpaired) electrons. The molecule has 20 heavy (non-hydrogen) atoms. The van der Waals surface area contributed by atoms with E-state index in [0.717, 1.165) is 17.7 Å². The number of carbonyl (C=O) groups excluding carboxylic acids is 1. The largest absolute Gasteiger partial charge is 0.444 e. The molecule has 0 bridgehead atoms. The summed E-state index contributed by atoms with van der Waals surface area (Å²) in [6, 6.07) is 3.89. The van der Waals surface area contributed by atoms with Gasteiger partial charge in [0.25, 0.3) is 0 Å². The summed E-state index contributed by atoms with van der Waals surface area (Å²) in [6.45, 7) is 6.88. The minimum atomic E-state index is -0.486. The van der Waals surface area contributed by atoms with Gasteiger partial charge in [0.2, 0.25) is 0 Å². The fraction of sp³-hybridized carbons (Fsp3) is 0.667. The van der Waals surface area contributed by atoms with Gasteiger partial charge in [-0.1, -0.05) is 6.07 Å². The number of aliphatic hydroxyl groups excluding tert-OH is 1. The van der Waals surface area contributed by atoms with Crippen LogP contribution in [0.5, 0.6) is 0 Å². The number of amides is 1. The molecule has 1 aromatic heterocycles. The first kappa shape index (κ1) is 15.3. The van der Waals surface area contributed by atoms with Gasteiger partial charge in [-0.2, -0.15) is 0 Å². The van der Waals surface area contributed by atoms with Crippen LogP contribution in [0.15, 0.2) is 17.5 Å². The van der Waals surface area contributed by atoms with Crippen LogP contribution in [0, 0.1) is 5.92 Å². The third-order valence-corrected chi connectivity index (χ3v) is 4.33. The predicted octanol–water partition coefficient (Wildman–Crippen LogP) is 3.43. The van der Waals surface area contributed by atoms with Crippen molar-refractivity contribution in [2.24, 2.45) is 5.92 Å². The molecule has 1 amide bonds. The molecule has 1 aliphatic heterocycles. The van der Waals surface area contributed by atoms with Gasteiger partial charge < -0.3 is 14.7 Å². The fourth-order valence-electron chi connectivity index (χ4n) is 2.45. The summed E-state index contributed by atoms with van der Waals surface area (Å²) >= 11 is 1.56. The maximum absolute atomic E-state index is 12.1. The Hall–Kier alpha value is -1.07. The number of hydrogen-bond donors (Lipinski definition) is 1. The zero-order chi connectivity index (χ0) is 14.8. The maximum Gasteiger partial charge on any atom is 0.410 e. The smallest absolute Gasteiger partial charge is 0.410 e. The number of nitrogens with zero attached hydrogens (tertiary/aromatic N) is 1. The Balaban J connectivity index is 1.96. The number of rotatable bonds is 2. The van der Waals surface area contributed by atoms with Crippen molar-refractivity contribution in [3.8, 4) is 0 Å². The van der Waals surface area contributed by atoms with E-state index >= 15 is 0 Å². The molecular formula is C15H23NO3S. The second-order valence-electron chi connectivity index (χ2n) is 6.29. The van der Waals surface area contributed by atoms with Crippen molar-refractivity contribution in [3.63, 3.8) is 0 Å². The quantitative estimate of drug-likeness (QED) is 0.910. The van der Waals surface area contributed by atoms with Gasteiger partial charge in [0.15, 0.2) is 0 Å². The fourth-order valence-corrected chi connectivity index (χ4v) is 3.26. The topological polar surface area (TPSA) is 49.8 Å². The number of aliphatic hydroxyl groups is 1. The molecule has 0 spiro atoms. The summed E-state index contributed by atoms with van der Waals surface area (Å²) in [7, 11) is 0. The number of thiophene rings is 1. The van der Waals surface area contributed by atoms with Crippen LogP contribution in [0.1, 0.15) is 44.6 Å². The van der Waals surface area contributed by atoms with Crippen LogP contribution in [0.4, 0.5) is 4.79 Å². The van der Waals surface area contributed by atoms with E-state index in [1.165, 1.54) is 0 Å². The number of likely N-dealkylation sites (tertiary alicyclic amines) is 1. The summed E-state index contributed by atoms with van der Waals surface area (Å²) in [4.78, 5) is 14.8. The molecule has 2 rings (SSSR count). The van der Waals surface area contributed by atoms with E-state index in [0.29, 0.717) is 13.1 Å². The van der Waals surface area contributed by atoms with Crippen molar-refractivity contribution in [2.75, 3.05) is 13.1 Å². The average Bonchev–Trinajstić information content (AvgIpc) is 2.90. The summed E-state index contributed by atoms with van der Waals surface area (Å²) < 4.78 is 5.40. The normalized spacial score (nSPS) is 21.6. The second-order valence-corrected chi connectivity index (χ2v) is 7.27. The van der Waals surface area contributed by atoms with Crippen molar-refractivity contribution >= 4 is 17.4 Å². The molecule has 1 saturated heterocycles. The number of piperidine rings is 1. The molecular weight excluding hydrogens is 274 g/mol. The highest BCUT2D eigenvalue weighted by molar-refractivity contribution is 7.10. The van der Waals surface area contributed by atoms with Crippen LogP contribution in [0.25, 0.3) is 0 Å². The molecule has 2 atom stereocenters. The Morgan fingerprint density at radius 2 is 2.30 bits per heavy atom. The molecule has 2 heterocycles. The third-order valence-electron chi connectivity index (χ3n) is 3.39. The molecule has 0 aromatic carbocycles. The van der Waals surface area contributed by atoms with Gasteiger partial charge in [0, 0.05) is 23.9 Å². The highest BCUT2D eigenvalue weighted by Crippen LogP contribution is 2.32. The number of ether oxygens (including phenoxy) is 1. The molecule has 1 fully saturated rings. The van der Waals surface area contributed by atoms with Crippen molar-refractivity contribution in [2.45, 2.75) is 45.3 Å². The van der Waals surface area contributed by atoms with Crippen LogP contribution in [0.3, 0.4) is 0 Å². The van der Waals surface area contributed by atoms with E-state index < -0.39 is 11.7 Å². The van der Waals surface area contributed by atoms with Crippen LogP contribution in [0.2, 0.25) is 0 Å². The van der Waals surface area contributed by atoms with E-state index in [1.807, 2.05) is 38.3 Å². The van der Waals surface area contributed by atoms with E-state index in [-0.39, 0.29) is 12.0 Å². The van der Waals surface area contributed by atoms with Gasteiger partial charge in [0.1, 0.15) is 5.60 Å². The van der Waals surface area contributed by atoms with Gasteiger partial charge in [-0.05, 0) is 45.1 Å². The molecule has 112 valence electrons. The summed E-state index contributed by atoms with van der Waals surface area (Å²) in [5.41, 5.74) is -0.476. The second kappa shape index (κ2) is 6.14. The van der Waals surface area contributed by atoms with E-state index in [4.69, 9.17) is 4.74 Å². The highest BCUT2D eigenvalue weighted by Gasteiger charge is 2.31. The van der Waals surface area contributed by atoms with E-state index in [1.54, 1.807) is 16.2 Å². The zero-order valence-electron chi connectivity index (χ0n) is 12.3. The molecule has 1 N–H and O–H groups in total. The molecule has 1 aliphatic rings. The third kappa shape index (κ3) is 3.96. The van der Waals surface area contributed by atoms with Crippen molar-refractivity contribution in [3.05, 3.63) is 22.4 Å². The van der Waals surface area contributed by atoms with Gasteiger partial charge in [-0.25, -0.2) is 4.79 Å². The molecule has 4 nitrogen and oxygen atoms in total. The number of carbonyl (C=O) groups is 1. The van der Waals surface area contributed by atoms with Crippen LogP contribution >= 0.6 is 11.3 Å². The Labute approximate surface area is 124 Å². The zero-order valence-corrected chi connectivity index (χ0v) is 13.2. The molecule has 5 heteroatoms. The monoisotopic (exact) mass is 297 g/mol. The molecule has 1 aromatic rings. The number of hydrogen-bond acceptors (Lipinski definition) is 4. The Kier molecular flexibility index (Phi) is 4.70. The van der Waals surface area contributed by atoms with Crippen molar-refractivity contribution in [1.82, 2.24) is 4.90 Å². The molecule has 0 aliphatic carbocycles. The van der Waals surface area contributed by atoms with E-state index in [9.17, 15) is 9.90 Å². The highest BCUT2D eigenvalue weighted by atomic mass is 32.1. The minimum Gasteiger partial charge on any atom is -0.444 e. The van der Waals surface area contributed by atoms with Gasteiger partial charge in [0.05, 0.1) is 6.10 Å². The molecule has 0 unspecified atom stereocenters. The lowest BCUT2D eigenvalue weighted by Crippen LogP contribution is -2.44. The van der Waals surface area contributed by atoms with Crippen LogP contribution < -0.4 is 0 Å². The Morgan fingerprint density at radius 3 is 2.90 bits per heavy atom. The standard InChI is InChI=1S/C15H23NO3S/c1-15(2,3)19-14(18)16-8-4-6-11(10-16)13(17)12-7-5-9-20-12/h5,7,9,11,13,17H,4,6,8,10H2,1-3H3/t11-,13-/m0/s1. The van der Waals surface area contributed by atoms with Gasteiger partial charge >= 0.3 is 6.09 Å². The maximum atomic E-state index is 12.1. The van der Waals surface area contributed by atoms with Crippen LogP contribution in [-0.4, -0.2) is 34.8 Å². The summed E-state index contributed by atoms with van der Waals surface area (Å²) in [5, 5.41) is 12.4. The average molecular weight is 297 g/mol. The first-order valence-electron chi connectivity index (χ1n) is 7.06.